The molecule has 7 heteroatoms. The van der Waals surface area contributed by atoms with Gasteiger partial charge in [0.2, 0.25) is 5.79 Å². The largest absolute Gasteiger partial charge is 0.429 e. The van der Waals surface area contributed by atoms with Gasteiger partial charge >= 0.3 is 5.97 Å². The normalized spacial score (nSPS) is 15.7. The van der Waals surface area contributed by atoms with Crippen LogP contribution in [0, 0.1) is 0 Å². The maximum absolute atomic E-state index is 10.9. The van der Waals surface area contributed by atoms with Crippen molar-refractivity contribution in [2.24, 2.45) is 0 Å². The molecule has 0 heterocycles. The zero-order valence-corrected chi connectivity index (χ0v) is 8.67. The van der Waals surface area contributed by atoms with E-state index < -0.39 is 27.6 Å². The minimum absolute atomic E-state index is 0.0145. The average molecular weight is 224 g/mol. The van der Waals surface area contributed by atoms with Gasteiger partial charge < -0.3 is 9.84 Å². The third-order valence-electron chi connectivity index (χ3n) is 1.11. The third kappa shape index (κ3) is 5.68. The van der Waals surface area contributed by atoms with Crippen molar-refractivity contribution < 1.29 is 27.6 Å². The lowest BCUT2D eigenvalue weighted by molar-refractivity contribution is -0.188. The average Bonchev–Trinajstić information content (AvgIpc) is 1.78. The number of carbonyl (C=O) groups is 1. The molecule has 0 radical (unpaired) electrons. The Morgan fingerprint density at radius 2 is 2.00 bits per heavy atom. The summed E-state index contributed by atoms with van der Waals surface area (Å²) in [5, 5.41) is 9.25. The van der Waals surface area contributed by atoms with E-state index in [4.69, 9.17) is 4.55 Å². The Morgan fingerprint density at radius 1 is 1.57 bits per heavy atom. The van der Waals surface area contributed by atoms with Crippen LogP contribution in [0.1, 0.15) is 13.8 Å². The molecule has 0 saturated carbocycles. The van der Waals surface area contributed by atoms with Crippen molar-refractivity contribution in [1.29, 1.82) is 0 Å². The summed E-state index contributed by atoms with van der Waals surface area (Å²) in [6, 6.07) is 0. The van der Waals surface area contributed by atoms with Crippen molar-refractivity contribution in [2.75, 3.05) is 5.75 Å². The number of esters is 1. The lowest BCUT2D eigenvalue weighted by Gasteiger charge is -2.21. The molecule has 0 aromatic carbocycles. The number of hydrogen-bond acceptors (Lipinski definition) is 5. The van der Waals surface area contributed by atoms with Gasteiger partial charge in [0.05, 0.1) is 0 Å². The van der Waals surface area contributed by atoms with E-state index >= 15 is 0 Å². The van der Waals surface area contributed by atoms with Crippen LogP contribution in [0.4, 0.5) is 0 Å². The van der Waals surface area contributed by atoms with Crippen LogP contribution >= 0.6 is 0 Å². The second kappa shape index (κ2) is 4.07. The van der Waals surface area contributed by atoms with Crippen molar-refractivity contribution in [2.45, 2.75) is 19.6 Å². The van der Waals surface area contributed by atoms with Gasteiger partial charge in [0.25, 0.3) is 10.1 Å². The molecule has 82 valence electrons. The van der Waals surface area contributed by atoms with E-state index in [0.29, 0.717) is 0 Å². The van der Waals surface area contributed by atoms with Crippen LogP contribution in [-0.4, -0.2) is 35.6 Å². The summed E-state index contributed by atoms with van der Waals surface area (Å²) in [6.07, 6.45) is 0. The molecule has 6 nitrogen and oxygen atoms in total. The van der Waals surface area contributed by atoms with Crippen LogP contribution in [-0.2, 0) is 19.6 Å². The number of aliphatic hydroxyl groups is 1. The smallest absolute Gasteiger partial charge is 0.335 e. The number of hydrogen-bond donors (Lipinski definition) is 2. The monoisotopic (exact) mass is 224 g/mol. The summed E-state index contributed by atoms with van der Waals surface area (Å²) in [5.74, 6) is -4.28. The minimum atomic E-state index is -4.41. The van der Waals surface area contributed by atoms with E-state index in [-0.39, 0.29) is 5.57 Å². The molecule has 0 bridgehead atoms. The van der Waals surface area contributed by atoms with Gasteiger partial charge in [-0.05, 0) is 6.92 Å². The van der Waals surface area contributed by atoms with E-state index in [1.165, 1.54) is 6.92 Å². The topological polar surface area (TPSA) is 101 Å². The Hall–Kier alpha value is -0.920. The Balaban J connectivity index is 4.51. The van der Waals surface area contributed by atoms with Gasteiger partial charge in [-0.25, -0.2) is 4.79 Å². The summed E-state index contributed by atoms with van der Waals surface area (Å²) < 4.78 is 33.5. The van der Waals surface area contributed by atoms with Crippen molar-refractivity contribution in [3.8, 4) is 0 Å². The lowest BCUT2D eigenvalue weighted by atomic mass is 10.3. The zero-order valence-electron chi connectivity index (χ0n) is 7.85. The summed E-state index contributed by atoms with van der Waals surface area (Å²) in [7, 11) is -4.41. The maximum atomic E-state index is 10.9. The number of carbonyl (C=O) groups excluding carboxylic acids is 1. The van der Waals surface area contributed by atoms with Crippen molar-refractivity contribution in [3.63, 3.8) is 0 Å². The molecule has 0 spiro atoms. The standard InChI is InChI=1S/C7H12O6S/c1-5(2)6(8)13-7(3,9)4-14(10,11)12/h9H,1,4H2,2-3H3,(H,10,11,12). The first kappa shape index (κ1) is 13.1. The summed E-state index contributed by atoms with van der Waals surface area (Å²) in [6.45, 7) is 5.52. The van der Waals surface area contributed by atoms with E-state index in [1.54, 1.807) is 0 Å². The molecule has 0 rings (SSSR count). The fraction of sp³-hybridized carbons (Fsp3) is 0.571. The minimum Gasteiger partial charge on any atom is -0.429 e. The van der Waals surface area contributed by atoms with Crippen molar-refractivity contribution in [3.05, 3.63) is 12.2 Å². The van der Waals surface area contributed by atoms with Gasteiger partial charge in [0.1, 0.15) is 5.75 Å². The van der Waals surface area contributed by atoms with Gasteiger partial charge in [-0.1, -0.05) is 6.58 Å². The van der Waals surface area contributed by atoms with E-state index in [0.717, 1.165) is 6.92 Å². The van der Waals surface area contributed by atoms with Crippen LogP contribution in [0.15, 0.2) is 12.2 Å². The highest BCUT2D eigenvalue weighted by molar-refractivity contribution is 7.85. The molecule has 0 amide bonds. The van der Waals surface area contributed by atoms with Crippen molar-refractivity contribution >= 4 is 16.1 Å². The van der Waals surface area contributed by atoms with Gasteiger partial charge in [-0.2, -0.15) is 8.42 Å². The van der Waals surface area contributed by atoms with Crippen molar-refractivity contribution in [1.82, 2.24) is 0 Å². The predicted octanol–water partition coefficient (Wildman–Crippen LogP) is -0.298. The lowest BCUT2D eigenvalue weighted by Crippen LogP contribution is -2.38. The zero-order chi connectivity index (χ0) is 11.6. The maximum Gasteiger partial charge on any atom is 0.335 e. The third-order valence-corrected chi connectivity index (χ3v) is 2.01. The van der Waals surface area contributed by atoms with Crippen LogP contribution in [0.3, 0.4) is 0 Å². The molecule has 0 aromatic heterocycles. The van der Waals surface area contributed by atoms with Gasteiger partial charge in [-0.3, -0.25) is 4.55 Å². The molecule has 14 heavy (non-hydrogen) atoms. The van der Waals surface area contributed by atoms with E-state index in [9.17, 15) is 18.3 Å². The first-order chi connectivity index (χ1) is 6.03. The molecule has 1 unspecified atom stereocenters. The highest BCUT2D eigenvalue weighted by atomic mass is 32.2. The molecular weight excluding hydrogens is 212 g/mol. The fourth-order valence-electron chi connectivity index (χ4n) is 0.655. The quantitative estimate of drug-likeness (QED) is 0.294. The molecule has 0 aliphatic heterocycles. The molecule has 0 aliphatic rings. The predicted molar refractivity (Wildman–Crippen MR) is 47.9 cm³/mol. The highest BCUT2D eigenvalue weighted by Crippen LogP contribution is 2.11. The van der Waals surface area contributed by atoms with E-state index in [2.05, 4.69) is 11.3 Å². The molecule has 1 atom stereocenters. The summed E-state index contributed by atoms with van der Waals surface area (Å²) in [5.41, 5.74) is 0.0145. The second-order valence-corrected chi connectivity index (χ2v) is 4.52. The Kier molecular flexibility index (Phi) is 3.81. The van der Waals surface area contributed by atoms with E-state index in [1.807, 2.05) is 0 Å². The first-order valence-corrected chi connectivity index (χ1v) is 5.21. The van der Waals surface area contributed by atoms with Crippen LogP contribution < -0.4 is 0 Å². The second-order valence-electron chi connectivity index (χ2n) is 3.07. The molecule has 0 fully saturated rings. The molecule has 0 aromatic rings. The van der Waals surface area contributed by atoms with Gasteiger partial charge in [-0.15, -0.1) is 0 Å². The SMILES string of the molecule is C=C(C)C(=O)OC(C)(O)CS(=O)(=O)O. The summed E-state index contributed by atoms with van der Waals surface area (Å²) >= 11 is 0. The highest BCUT2D eigenvalue weighted by Gasteiger charge is 2.31. The fourth-order valence-corrected chi connectivity index (χ4v) is 1.39. The van der Waals surface area contributed by atoms with Crippen LogP contribution in [0.25, 0.3) is 0 Å². The first-order valence-electron chi connectivity index (χ1n) is 3.60. The van der Waals surface area contributed by atoms with Crippen LogP contribution in [0.5, 0.6) is 0 Å². The Labute approximate surface area is 81.9 Å². The summed E-state index contributed by atoms with van der Waals surface area (Å²) in [4.78, 5) is 10.9. The van der Waals surface area contributed by atoms with Gasteiger partial charge in [0, 0.05) is 12.5 Å². The van der Waals surface area contributed by atoms with Crippen LogP contribution in [0.2, 0.25) is 0 Å². The Bertz CT molecular complexity index is 339. The Morgan fingerprint density at radius 3 is 2.29 bits per heavy atom. The molecule has 0 aliphatic carbocycles. The molecular formula is C7H12O6S. The molecule has 0 saturated heterocycles. The molecule has 2 N–H and O–H groups in total. The van der Waals surface area contributed by atoms with Gasteiger partial charge in [0.15, 0.2) is 0 Å². The number of ether oxygens (including phenoxy) is 1. The number of rotatable bonds is 4.